The van der Waals surface area contributed by atoms with Gasteiger partial charge in [0.1, 0.15) is 5.75 Å². The molecule has 2 aromatic carbocycles. The molecule has 32 heavy (non-hydrogen) atoms. The van der Waals surface area contributed by atoms with Crippen LogP contribution >= 0.6 is 11.6 Å². The number of ether oxygens (including phenoxy) is 1. The molecule has 0 aromatic heterocycles. The Morgan fingerprint density at radius 1 is 1.19 bits per heavy atom. The van der Waals surface area contributed by atoms with E-state index in [9.17, 15) is 9.59 Å². The van der Waals surface area contributed by atoms with Gasteiger partial charge >= 0.3 is 0 Å². The number of carbonyl (C=O) groups is 2. The van der Waals surface area contributed by atoms with Crippen molar-refractivity contribution in [2.75, 3.05) is 25.5 Å². The molecule has 2 amide bonds. The molecule has 3 N–H and O–H groups in total. The third kappa shape index (κ3) is 6.71. The molecule has 0 heterocycles. The second-order valence-electron chi connectivity index (χ2n) is 9.22. The zero-order chi connectivity index (χ0) is 23.3. The van der Waals surface area contributed by atoms with E-state index in [1.54, 1.807) is 19.2 Å². The van der Waals surface area contributed by atoms with E-state index >= 15 is 0 Å². The first-order chi connectivity index (χ1) is 15.2. The second kappa shape index (κ2) is 10.4. The Morgan fingerprint density at radius 3 is 2.47 bits per heavy atom. The highest BCUT2D eigenvalue weighted by molar-refractivity contribution is 6.31. The van der Waals surface area contributed by atoms with Crippen molar-refractivity contribution < 1.29 is 14.3 Å². The van der Waals surface area contributed by atoms with Gasteiger partial charge in [0, 0.05) is 29.7 Å². The van der Waals surface area contributed by atoms with Gasteiger partial charge in [-0.15, -0.1) is 0 Å². The van der Waals surface area contributed by atoms with E-state index in [-0.39, 0.29) is 29.6 Å². The molecule has 0 spiro atoms. The monoisotopic (exact) mass is 457 g/mol. The summed E-state index contributed by atoms with van der Waals surface area (Å²) in [5, 5.41) is 3.50. The summed E-state index contributed by atoms with van der Waals surface area (Å²) in [6, 6.07) is 12.8. The number of nitrogens with zero attached hydrogens (tertiary/aromatic N) is 1. The molecule has 1 fully saturated rings. The van der Waals surface area contributed by atoms with Crippen molar-refractivity contribution in [3.8, 4) is 5.75 Å². The molecule has 0 bridgehead atoms. The first kappa shape index (κ1) is 24.1. The highest BCUT2D eigenvalue weighted by Crippen LogP contribution is 2.33. The molecule has 1 aliphatic carbocycles. The molecule has 0 atom stereocenters. The standard InChI is InChI=1S/C25H32ClN3O3/c1-25(2,15-27)16-29(24(31)18-6-7-18)14-19-13-20(8-11-22(19)26)28-23(30)12-17-4-9-21(32-3)10-5-17/h4-5,8-11,13,18H,6-7,12,14-16,27H2,1-3H3,(H,28,30). The zero-order valence-electron chi connectivity index (χ0n) is 19.0. The maximum absolute atomic E-state index is 12.9. The van der Waals surface area contributed by atoms with E-state index in [0.717, 1.165) is 29.7 Å². The van der Waals surface area contributed by atoms with Crippen LogP contribution in [-0.2, 0) is 22.6 Å². The van der Waals surface area contributed by atoms with Gasteiger partial charge in [0.25, 0.3) is 0 Å². The third-order valence-corrected chi connectivity index (χ3v) is 5.99. The van der Waals surface area contributed by atoms with Gasteiger partial charge in [0.15, 0.2) is 0 Å². The summed E-state index contributed by atoms with van der Waals surface area (Å²) in [7, 11) is 1.61. The summed E-state index contributed by atoms with van der Waals surface area (Å²) in [6.45, 7) is 5.54. The van der Waals surface area contributed by atoms with Crippen LogP contribution in [-0.4, -0.2) is 36.9 Å². The number of nitrogens with two attached hydrogens (primary N) is 1. The fourth-order valence-corrected chi connectivity index (χ4v) is 3.67. The highest BCUT2D eigenvalue weighted by atomic mass is 35.5. The lowest BCUT2D eigenvalue weighted by Gasteiger charge is -2.32. The van der Waals surface area contributed by atoms with Crippen molar-refractivity contribution >= 4 is 29.1 Å². The van der Waals surface area contributed by atoms with E-state index in [1.807, 2.05) is 35.2 Å². The van der Waals surface area contributed by atoms with Crippen molar-refractivity contribution in [1.29, 1.82) is 0 Å². The lowest BCUT2D eigenvalue weighted by molar-refractivity contribution is -0.134. The summed E-state index contributed by atoms with van der Waals surface area (Å²) in [4.78, 5) is 27.3. The quantitative estimate of drug-likeness (QED) is 0.558. The number of hydrogen-bond acceptors (Lipinski definition) is 4. The Balaban J connectivity index is 1.70. The zero-order valence-corrected chi connectivity index (χ0v) is 19.7. The van der Waals surface area contributed by atoms with E-state index in [4.69, 9.17) is 22.1 Å². The Kier molecular flexibility index (Phi) is 7.80. The Bertz CT molecular complexity index is 955. The lowest BCUT2D eigenvalue weighted by Crippen LogP contribution is -2.42. The van der Waals surface area contributed by atoms with Crippen LogP contribution in [0.2, 0.25) is 5.02 Å². The molecule has 6 nitrogen and oxygen atoms in total. The number of benzene rings is 2. The van der Waals surface area contributed by atoms with Crippen LogP contribution in [0.4, 0.5) is 5.69 Å². The molecule has 0 aliphatic heterocycles. The Labute approximate surface area is 195 Å². The minimum Gasteiger partial charge on any atom is -0.497 e. The first-order valence-electron chi connectivity index (χ1n) is 10.9. The van der Waals surface area contributed by atoms with E-state index in [1.165, 1.54) is 0 Å². The van der Waals surface area contributed by atoms with Gasteiger partial charge in [0.05, 0.1) is 13.5 Å². The lowest BCUT2D eigenvalue weighted by atomic mass is 9.92. The van der Waals surface area contributed by atoms with Crippen molar-refractivity contribution in [2.24, 2.45) is 17.1 Å². The molecule has 1 saturated carbocycles. The molecular formula is C25H32ClN3O3. The molecule has 3 rings (SSSR count). The molecule has 2 aromatic rings. The van der Waals surface area contributed by atoms with E-state index in [2.05, 4.69) is 19.2 Å². The van der Waals surface area contributed by atoms with Gasteiger partial charge in [-0.3, -0.25) is 9.59 Å². The fourth-order valence-electron chi connectivity index (χ4n) is 3.49. The topological polar surface area (TPSA) is 84.7 Å². The summed E-state index contributed by atoms with van der Waals surface area (Å²) in [5.74, 6) is 0.879. The van der Waals surface area contributed by atoms with Crippen LogP contribution in [0.25, 0.3) is 0 Å². The maximum atomic E-state index is 12.9. The number of amides is 2. The van der Waals surface area contributed by atoms with Gasteiger partial charge in [-0.1, -0.05) is 37.6 Å². The number of carbonyl (C=O) groups excluding carboxylic acids is 2. The highest BCUT2D eigenvalue weighted by Gasteiger charge is 2.35. The molecule has 172 valence electrons. The fraction of sp³-hybridized carbons (Fsp3) is 0.440. The molecule has 0 unspecified atom stereocenters. The van der Waals surface area contributed by atoms with Crippen LogP contribution in [0.5, 0.6) is 5.75 Å². The third-order valence-electron chi connectivity index (χ3n) is 5.62. The molecule has 0 saturated heterocycles. The Morgan fingerprint density at radius 2 is 1.88 bits per heavy atom. The van der Waals surface area contributed by atoms with Crippen LogP contribution in [0.3, 0.4) is 0 Å². The average Bonchev–Trinajstić information content (AvgIpc) is 3.61. The number of hydrogen-bond donors (Lipinski definition) is 2. The first-order valence-corrected chi connectivity index (χ1v) is 11.3. The van der Waals surface area contributed by atoms with Crippen molar-refractivity contribution in [3.05, 3.63) is 58.6 Å². The van der Waals surface area contributed by atoms with Gasteiger partial charge in [-0.2, -0.15) is 0 Å². The SMILES string of the molecule is COc1ccc(CC(=O)Nc2ccc(Cl)c(CN(CC(C)(C)CN)C(=O)C3CC3)c2)cc1. The van der Waals surface area contributed by atoms with Crippen LogP contribution in [0, 0.1) is 11.3 Å². The maximum Gasteiger partial charge on any atom is 0.228 e. The van der Waals surface area contributed by atoms with E-state index < -0.39 is 0 Å². The Hall–Kier alpha value is -2.57. The van der Waals surface area contributed by atoms with Crippen LogP contribution in [0.1, 0.15) is 37.8 Å². The minimum atomic E-state index is -0.193. The molecule has 7 heteroatoms. The smallest absolute Gasteiger partial charge is 0.228 e. The van der Waals surface area contributed by atoms with Gasteiger partial charge in [0.2, 0.25) is 11.8 Å². The van der Waals surface area contributed by atoms with Crippen LogP contribution < -0.4 is 15.8 Å². The average molecular weight is 458 g/mol. The van der Waals surface area contributed by atoms with Gasteiger partial charge < -0.3 is 20.7 Å². The normalized spacial score (nSPS) is 13.5. The molecular weight excluding hydrogens is 426 g/mol. The number of halogens is 1. The predicted molar refractivity (Wildman–Crippen MR) is 128 cm³/mol. The summed E-state index contributed by atoms with van der Waals surface area (Å²) in [6.07, 6.45) is 2.13. The second-order valence-corrected chi connectivity index (χ2v) is 9.62. The summed E-state index contributed by atoms with van der Waals surface area (Å²) >= 11 is 6.45. The van der Waals surface area contributed by atoms with Crippen molar-refractivity contribution in [1.82, 2.24) is 4.90 Å². The van der Waals surface area contributed by atoms with Crippen molar-refractivity contribution in [2.45, 2.75) is 39.7 Å². The number of methoxy groups -OCH3 is 1. The minimum absolute atomic E-state index is 0.106. The summed E-state index contributed by atoms with van der Waals surface area (Å²) < 4.78 is 5.15. The van der Waals surface area contributed by atoms with Gasteiger partial charge in [-0.05, 0) is 66.3 Å². The number of nitrogens with one attached hydrogen (secondary N) is 1. The van der Waals surface area contributed by atoms with E-state index in [0.29, 0.717) is 30.3 Å². The van der Waals surface area contributed by atoms with Crippen LogP contribution in [0.15, 0.2) is 42.5 Å². The molecule has 1 aliphatic rings. The largest absolute Gasteiger partial charge is 0.497 e. The summed E-state index contributed by atoms with van der Waals surface area (Å²) in [5.41, 5.74) is 8.06. The molecule has 0 radical (unpaired) electrons. The van der Waals surface area contributed by atoms with Gasteiger partial charge in [-0.25, -0.2) is 0 Å². The predicted octanol–water partition coefficient (Wildman–Crippen LogP) is 4.25. The van der Waals surface area contributed by atoms with Crippen molar-refractivity contribution in [3.63, 3.8) is 0 Å². The number of anilines is 1. The number of rotatable bonds is 10.